The highest BCUT2D eigenvalue weighted by Gasteiger charge is 2.08. The molecule has 0 atom stereocenters. The Morgan fingerprint density at radius 1 is 1.27 bits per heavy atom. The zero-order chi connectivity index (χ0) is 16.1. The van der Waals surface area contributed by atoms with Crippen LogP contribution in [0.5, 0.6) is 0 Å². The molecule has 0 saturated heterocycles. The molecule has 0 bridgehead atoms. The minimum absolute atomic E-state index is 0.266. The van der Waals surface area contributed by atoms with E-state index in [1.165, 1.54) is 0 Å². The van der Waals surface area contributed by atoms with Crippen LogP contribution in [0.25, 0.3) is 10.9 Å². The number of carboxylic acid groups (broad SMARTS) is 1. The summed E-state index contributed by atoms with van der Waals surface area (Å²) in [4.78, 5) is 17.7. The summed E-state index contributed by atoms with van der Waals surface area (Å²) >= 11 is 0. The lowest BCUT2D eigenvalue weighted by Crippen LogP contribution is -2.14. The van der Waals surface area contributed by atoms with Gasteiger partial charge in [-0.3, -0.25) is 4.98 Å². The minimum atomic E-state index is -0.927. The normalized spacial score (nSPS) is 11.1. The first-order valence-electron chi connectivity index (χ1n) is 7.50. The van der Waals surface area contributed by atoms with Crippen LogP contribution < -0.4 is 5.32 Å². The fourth-order valence-corrected chi connectivity index (χ4v) is 2.42. The molecule has 5 nitrogen and oxygen atoms in total. The van der Waals surface area contributed by atoms with Crippen LogP contribution in [0.3, 0.4) is 0 Å². The largest absolute Gasteiger partial charge is 0.478 e. The summed E-state index contributed by atoms with van der Waals surface area (Å²) in [6, 6.07) is 7.09. The third kappa shape index (κ3) is 4.18. The number of aryl methyl sites for hydroxylation is 1. The van der Waals surface area contributed by atoms with Crippen LogP contribution in [-0.4, -0.2) is 48.1 Å². The van der Waals surface area contributed by atoms with Crippen LogP contribution in [0.4, 0.5) is 5.69 Å². The molecule has 118 valence electrons. The van der Waals surface area contributed by atoms with Crippen molar-refractivity contribution in [3.63, 3.8) is 0 Å². The predicted molar refractivity (Wildman–Crippen MR) is 89.7 cm³/mol. The van der Waals surface area contributed by atoms with Gasteiger partial charge in [-0.05, 0) is 64.7 Å². The van der Waals surface area contributed by atoms with Crippen molar-refractivity contribution >= 4 is 22.6 Å². The lowest BCUT2D eigenvalue weighted by molar-refractivity contribution is 0.0697. The van der Waals surface area contributed by atoms with E-state index in [1.807, 2.05) is 19.1 Å². The van der Waals surface area contributed by atoms with Gasteiger partial charge in [0.25, 0.3) is 0 Å². The number of hydrogen-bond acceptors (Lipinski definition) is 4. The van der Waals surface area contributed by atoms with E-state index in [0.717, 1.165) is 48.2 Å². The van der Waals surface area contributed by atoms with E-state index < -0.39 is 5.97 Å². The molecular formula is C17H23N3O2. The molecule has 2 rings (SSSR count). The number of pyridine rings is 1. The molecule has 0 fully saturated rings. The molecule has 0 saturated carbocycles. The number of nitrogens with zero attached hydrogens (tertiary/aromatic N) is 2. The van der Waals surface area contributed by atoms with E-state index in [0.29, 0.717) is 0 Å². The number of anilines is 1. The molecular weight excluding hydrogens is 278 g/mol. The molecule has 0 aliphatic carbocycles. The van der Waals surface area contributed by atoms with Crippen LogP contribution in [0, 0.1) is 6.92 Å². The molecule has 1 heterocycles. The van der Waals surface area contributed by atoms with Gasteiger partial charge in [0, 0.05) is 23.3 Å². The molecule has 2 N–H and O–H groups in total. The topological polar surface area (TPSA) is 65.5 Å². The van der Waals surface area contributed by atoms with E-state index in [-0.39, 0.29) is 5.56 Å². The van der Waals surface area contributed by atoms with Gasteiger partial charge in [0.1, 0.15) is 0 Å². The van der Waals surface area contributed by atoms with Gasteiger partial charge in [-0.1, -0.05) is 0 Å². The molecule has 0 unspecified atom stereocenters. The highest BCUT2D eigenvalue weighted by molar-refractivity contribution is 5.97. The van der Waals surface area contributed by atoms with Gasteiger partial charge < -0.3 is 15.3 Å². The van der Waals surface area contributed by atoms with Crippen molar-refractivity contribution in [2.75, 3.05) is 32.5 Å². The van der Waals surface area contributed by atoms with Crippen molar-refractivity contribution in [3.05, 3.63) is 35.5 Å². The Labute approximate surface area is 131 Å². The van der Waals surface area contributed by atoms with E-state index in [9.17, 15) is 4.79 Å². The monoisotopic (exact) mass is 301 g/mol. The number of aromatic carboxylic acids is 1. The van der Waals surface area contributed by atoms with Crippen molar-refractivity contribution in [2.24, 2.45) is 0 Å². The van der Waals surface area contributed by atoms with Crippen molar-refractivity contribution < 1.29 is 9.90 Å². The fraction of sp³-hybridized carbons (Fsp3) is 0.412. The van der Waals surface area contributed by atoms with E-state index in [2.05, 4.69) is 29.3 Å². The Morgan fingerprint density at radius 3 is 2.73 bits per heavy atom. The van der Waals surface area contributed by atoms with Gasteiger partial charge in [-0.2, -0.15) is 0 Å². The van der Waals surface area contributed by atoms with Crippen LogP contribution in [0.1, 0.15) is 28.9 Å². The van der Waals surface area contributed by atoms with Crippen LogP contribution in [0.2, 0.25) is 0 Å². The second-order valence-electron chi connectivity index (χ2n) is 5.79. The van der Waals surface area contributed by atoms with Gasteiger partial charge in [-0.25, -0.2) is 4.79 Å². The average Bonchev–Trinajstić information content (AvgIpc) is 2.45. The van der Waals surface area contributed by atoms with Crippen LogP contribution in [-0.2, 0) is 0 Å². The van der Waals surface area contributed by atoms with Gasteiger partial charge in [0.2, 0.25) is 0 Å². The van der Waals surface area contributed by atoms with E-state index >= 15 is 0 Å². The first-order chi connectivity index (χ1) is 10.5. The van der Waals surface area contributed by atoms with Gasteiger partial charge >= 0.3 is 5.97 Å². The lowest BCUT2D eigenvalue weighted by atomic mass is 10.1. The number of fused-ring (bicyclic) bond motifs is 1. The van der Waals surface area contributed by atoms with Crippen molar-refractivity contribution in [3.8, 4) is 0 Å². The molecule has 0 radical (unpaired) electrons. The number of unbranched alkanes of at least 4 members (excludes halogenated alkanes) is 1. The quantitative estimate of drug-likeness (QED) is 0.770. The number of carboxylic acids is 1. The molecule has 22 heavy (non-hydrogen) atoms. The summed E-state index contributed by atoms with van der Waals surface area (Å²) in [6.07, 6.45) is 2.24. The molecule has 0 aliphatic rings. The maximum atomic E-state index is 11.1. The summed E-state index contributed by atoms with van der Waals surface area (Å²) in [7, 11) is 4.15. The molecule has 1 aromatic heterocycles. The summed E-state index contributed by atoms with van der Waals surface area (Å²) in [5.41, 5.74) is 2.88. The third-order valence-corrected chi connectivity index (χ3v) is 3.53. The minimum Gasteiger partial charge on any atom is -0.478 e. The number of hydrogen-bond donors (Lipinski definition) is 2. The summed E-state index contributed by atoms with van der Waals surface area (Å²) in [5.74, 6) is -0.927. The van der Waals surface area contributed by atoms with Crippen LogP contribution >= 0.6 is 0 Å². The average molecular weight is 301 g/mol. The van der Waals surface area contributed by atoms with Gasteiger partial charge in [0.15, 0.2) is 0 Å². The van der Waals surface area contributed by atoms with Crippen molar-refractivity contribution in [1.82, 2.24) is 9.88 Å². The Morgan fingerprint density at radius 2 is 2.05 bits per heavy atom. The highest BCUT2D eigenvalue weighted by Crippen LogP contribution is 2.24. The molecule has 5 heteroatoms. The highest BCUT2D eigenvalue weighted by atomic mass is 16.4. The fourth-order valence-electron chi connectivity index (χ4n) is 2.42. The second-order valence-corrected chi connectivity index (χ2v) is 5.79. The first kappa shape index (κ1) is 16.2. The maximum absolute atomic E-state index is 11.1. The zero-order valence-electron chi connectivity index (χ0n) is 13.4. The predicted octanol–water partition coefficient (Wildman–Crippen LogP) is 3.00. The van der Waals surface area contributed by atoms with Gasteiger partial charge in [-0.15, -0.1) is 0 Å². The van der Waals surface area contributed by atoms with Crippen molar-refractivity contribution in [2.45, 2.75) is 19.8 Å². The molecule has 0 spiro atoms. The molecule has 0 amide bonds. The zero-order valence-corrected chi connectivity index (χ0v) is 13.4. The first-order valence-corrected chi connectivity index (χ1v) is 7.50. The number of carbonyl (C=O) groups is 1. The Balaban J connectivity index is 2.13. The lowest BCUT2D eigenvalue weighted by Gasteiger charge is -2.12. The maximum Gasteiger partial charge on any atom is 0.335 e. The molecule has 0 aliphatic heterocycles. The summed E-state index contributed by atoms with van der Waals surface area (Å²) in [6.45, 7) is 3.90. The number of benzene rings is 1. The Hall–Kier alpha value is -2.14. The molecule has 2 aromatic rings. The standard InChI is InChI=1S/C17H23N3O2/c1-12-10-15(18-8-4-5-9-20(2)3)14-7-6-13(17(21)22)11-16(14)19-12/h6-7,10-11H,4-5,8-9H2,1-3H3,(H,18,19)(H,21,22). The van der Waals surface area contributed by atoms with Crippen LogP contribution in [0.15, 0.2) is 24.3 Å². The van der Waals surface area contributed by atoms with E-state index in [4.69, 9.17) is 5.11 Å². The number of aromatic nitrogens is 1. The van der Waals surface area contributed by atoms with E-state index in [1.54, 1.807) is 12.1 Å². The van der Waals surface area contributed by atoms with Crippen molar-refractivity contribution in [1.29, 1.82) is 0 Å². The summed E-state index contributed by atoms with van der Waals surface area (Å²) in [5, 5.41) is 13.5. The number of rotatable bonds is 7. The van der Waals surface area contributed by atoms with Gasteiger partial charge in [0.05, 0.1) is 11.1 Å². The molecule has 1 aromatic carbocycles. The second kappa shape index (κ2) is 7.22. The Bertz CT molecular complexity index is 668. The third-order valence-electron chi connectivity index (χ3n) is 3.53. The SMILES string of the molecule is Cc1cc(NCCCCN(C)C)c2ccc(C(=O)O)cc2n1. The Kier molecular flexibility index (Phi) is 5.33. The number of nitrogens with one attached hydrogen (secondary N) is 1. The summed E-state index contributed by atoms with van der Waals surface area (Å²) < 4.78 is 0. The smallest absolute Gasteiger partial charge is 0.335 e.